The lowest BCUT2D eigenvalue weighted by molar-refractivity contribution is -0.131. The van der Waals surface area contributed by atoms with Crippen LogP contribution >= 0.6 is 0 Å². The molecule has 0 saturated carbocycles. The van der Waals surface area contributed by atoms with Crippen molar-refractivity contribution in [2.24, 2.45) is 5.92 Å². The van der Waals surface area contributed by atoms with Crippen molar-refractivity contribution in [3.05, 3.63) is 30.0 Å². The van der Waals surface area contributed by atoms with Crippen molar-refractivity contribution in [3.63, 3.8) is 0 Å². The minimum absolute atomic E-state index is 0.282. The first kappa shape index (κ1) is 16.7. The Morgan fingerprint density at radius 1 is 1.08 bits per heavy atom. The molecule has 0 radical (unpaired) electrons. The molecule has 0 N–H and O–H groups in total. The summed E-state index contributed by atoms with van der Waals surface area (Å²) in [7, 11) is 0. The SMILES string of the molecule is Cc1nc2ccccc2nc1N1CCN(C(=O)CCC(C)C)CC1. The number of anilines is 1. The number of piperazine rings is 1. The third kappa shape index (κ3) is 3.66. The highest BCUT2D eigenvalue weighted by Gasteiger charge is 2.23. The minimum atomic E-state index is 0.282. The van der Waals surface area contributed by atoms with Crippen LogP contribution in [0.25, 0.3) is 11.0 Å². The van der Waals surface area contributed by atoms with Gasteiger partial charge in [0, 0.05) is 32.6 Å². The summed E-state index contributed by atoms with van der Waals surface area (Å²) in [6.45, 7) is 9.51. The lowest BCUT2D eigenvalue weighted by atomic mass is 10.1. The van der Waals surface area contributed by atoms with Gasteiger partial charge >= 0.3 is 0 Å². The molecule has 3 rings (SSSR count). The standard InChI is InChI=1S/C19H26N4O/c1-14(2)8-9-18(24)22-10-12-23(13-11-22)19-15(3)20-16-6-4-5-7-17(16)21-19/h4-7,14H,8-13H2,1-3H3. The van der Waals surface area contributed by atoms with E-state index < -0.39 is 0 Å². The molecular weight excluding hydrogens is 300 g/mol. The molecule has 0 aliphatic carbocycles. The quantitative estimate of drug-likeness (QED) is 0.866. The maximum Gasteiger partial charge on any atom is 0.222 e. The highest BCUT2D eigenvalue weighted by molar-refractivity contribution is 5.77. The van der Waals surface area contributed by atoms with Crippen molar-refractivity contribution in [3.8, 4) is 0 Å². The summed E-state index contributed by atoms with van der Waals surface area (Å²) in [5.74, 6) is 1.80. The molecule has 5 heteroatoms. The predicted molar refractivity (Wildman–Crippen MR) is 97.1 cm³/mol. The number of amides is 1. The van der Waals surface area contributed by atoms with E-state index in [-0.39, 0.29) is 5.91 Å². The van der Waals surface area contributed by atoms with Gasteiger partial charge in [0.15, 0.2) is 5.82 Å². The zero-order valence-corrected chi connectivity index (χ0v) is 14.8. The Hall–Kier alpha value is -2.17. The smallest absolute Gasteiger partial charge is 0.222 e. The fourth-order valence-electron chi connectivity index (χ4n) is 3.12. The lowest BCUT2D eigenvalue weighted by Crippen LogP contribution is -2.49. The first-order chi connectivity index (χ1) is 11.5. The molecule has 0 bridgehead atoms. The third-order valence-corrected chi connectivity index (χ3v) is 4.59. The number of para-hydroxylation sites is 2. The highest BCUT2D eigenvalue weighted by atomic mass is 16.2. The van der Waals surface area contributed by atoms with Gasteiger partial charge in [-0.05, 0) is 31.4 Å². The Balaban J connectivity index is 1.66. The zero-order chi connectivity index (χ0) is 17.1. The van der Waals surface area contributed by atoms with Gasteiger partial charge < -0.3 is 9.80 Å². The number of aromatic nitrogens is 2. The molecule has 1 aliphatic heterocycles. The average Bonchev–Trinajstić information content (AvgIpc) is 2.59. The van der Waals surface area contributed by atoms with Crippen molar-refractivity contribution in [1.29, 1.82) is 0 Å². The fourth-order valence-corrected chi connectivity index (χ4v) is 3.12. The summed E-state index contributed by atoms with van der Waals surface area (Å²) in [4.78, 5) is 26.0. The molecular formula is C19H26N4O. The van der Waals surface area contributed by atoms with Gasteiger partial charge in [-0.2, -0.15) is 0 Å². The Morgan fingerprint density at radius 3 is 2.33 bits per heavy atom. The van der Waals surface area contributed by atoms with Crippen molar-refractivity contribution in [2.75, 3.05) is 31.1 Å². The van der Waals surface area contributed by atoms with Gasteiger partial charge in [0.1, 0.15) is 0 Å². The van der Waals surface area contributed by atoms with E-state index in [1.807, 2.05) is 36.1 Å². The molecule has 5 nitrogen and oxygen atoms in total. The number of carbonyl (C=O) groups is 1. The maximum absolute atomic E-state index is 12.3. The van der Waals surface area contributed by atoms with Crippen LogP contribution in [0, 0.1) is 12.8 Å². The van der Waals surface area contributed by atoms with Gasteiger partial charge in [-0.25, -0.2) is 9.97 Å². The van der Waals surface area contributed by atoms with Gasteiger partial charge in [-0.15, -0.1) is 0 Å². The van der Waals surface area contributed by atoms with E-state index in [0.717, 1.165) is 55.1 Å². The van der Waals surface area contributed by atoms with Crippen LogP contribution in [0.2, 0.25) is 0 Å². The number of benzene rings is 1. The number of carbonyl (C=O) groups excluding carboxylic acids is 1. The van der Waals surface area contributed by atoms with Crippen LogP contribution < -0.4 is 4.90 Å². The number of aryl methyl sites for hydroxylation is 1. The van der Waals surface area contributed by atoms with Gasteiger partial charge in [0.05, 0.1) is 16.7 Å². The first-order valence-electron chi connectivity index (χ1n) is 8.80. The molecule has 2 heterocycles. The predicted octanol–water partition coefficient (Wildman–Crippen LogP) is 3.02. The molecule has 0 atom stereocenters. The van der Waals surface area contributed by atoms with Gasteiger partial charge in [-0.1, -0.05) is 26.0 Å². The van der Waals surface area contributed by atoms with Crippen LogP contribution in [0.4, 0.5) is 5.82 Å². The van der Waals surface area contributed by atoms with Crippen molar-refractivity contribution < 1.29 is 4.79 Å². The molecule has 0 unspecified atom stereocenters. The van der Waals surface area contributed by atoms with Crippen LogP contribution in [-0.4, -0.2) is 47.0 Å². The molecule has 1 aliphatic rings. The molecule has 0 spiro atoms. The second kappa shape index (κ2) is 7.16. The van der Waals surface area contributed by atoms with E-state index in [0.29, 0.717) is 12.3 Å². The molecule has 1 aromatic heterocycles. The maximum atomic E-state index is 12.3. The largest absolute Gasteiger partial charge is 0.352 e. The summed E-state index contributed by atoms with van der Waals surface area (Å²) in [6.07, 6.45) is 1.63. The van der Waals surface area contributed by atoms with Gasteiger partial charge in [-0.3, -0.25) is 4.79 Å². The lowest BCUT2D eigenvalue weighted by Gasteiger charge is -2.36. The van der Waals surface area contributed by atoms with E-state index in [4.69, 9.17) is 4.98 Å². The Morgan fingerprint density at radius 2 is 1.71 bits per heavy atom. The number of rotatable bonds is 4. The van der Waals surface area contributed by atoms with E-state index in [1.54, 1.807) is 0 Å². The second-order valence-electron chi connectivity index (χ2n) is 6.92. The molecule has 1 saturated heterocycles. The molecule has 1 aromatic carbocycles. The van der Waals surface area contributed by atoms with E-state index >= 15 is 0 Å². The van der Waals surface area contributed by atoms with E-state index in [1.165, 1.54) is 0 Å². The monoisotopic (exact) mass is 326 g/mol. The number of hydrogen-bond donors (Lipinski definition) is 0. The van der Waals surface area contributed by atoms with E-state index in [9.17, 15) is 4.79 Å². The molecule has 1 fully saturated rings. The van der Waals surface area contributed by atoms with Crippen LogP contribution in [0.3, 0.4) is 0 Å². The summed E-state index contributed by atoms with van der Waals surface area (Å²) >= 11 is 0. The van der Waals surface area contributed by atoms with Crippen molar-refractivity contribution in [2.45, 2.75) is 33.6 Å². The summed E-state index contributed by atoms with van der Waals surface area (Å²) in [6, 6.07) is 7.96. The number of nitrogens with zero attached hydrogens (tertiary/aromatic N) is 4. The van der Waals surface area contributed by atoms with Crippen LogP contribution in [-0.2, 0) is 4.79 Å². The van der Waals surface area contributed by atoms with Crippen LogP contribution in [0.15, 0.2) is 24.3 Å². The first-order valence-corrected chi connectivity index (χ1v) is 8.80. The minimum Gasteiger partial charge on any atom is -0.352 e. The average molecular weight is 326 g/mol. The van der Waals surface area contributed by atoms with Crippen LogP contribution in [0.5, 0.6) is 0 Å². The molecule has 128 valence electrons. The summed E-state index contributed by atoms with van der Waals surface area (Å²) < 4.78 is 0. The Labute approximate surface area is 143 Å². The summed E-state index contributed by atoms with van der Waals surface area (Å²) in [5.41, 5.74) is 2.81. The van der Waals surface area contributed by atoms with Crippen LogP contribution in [0.1, 0.15) is 32.4 Å². The van der Waals surface area contributed by atoms with Crippen molar-refractivity contribution >= 4 is 22.8 Å². The van der Waals surface area contributed by atoms with Crippen molar-refractivity contribution in [1.82, 2.24) is 14.9 Å². The Bertz CT molecular complexity index is 720. The van der Waals surface area contributed by atoms with Gasteiger partial charge in [0.2, 0.25) is 5.91 Å². The fraction of sp³-hybridized carbons (Fsp3) is 0.526. The molecule has 2 aromatic rings. The molecule has 24 heavy (non-hydrogen) atoms. The molecule has 1 amide bonds. The van der Waals surface area contributed by atoms with E-state index in [2.05, 4.69) is 23.7 Å². The third-order valence-electron chi connectivity index (χ3n) is 4.59. The highest BCUT2D eigenvalue weighted by Crippen LogP contribution is 2.21. The number of hydrogen-bond acceptors (Lipinski definition) is 4. The topological polar surface area (TPSA) is 49.3 Å². The summed E-state index contributed by atoms with van der Waals surface area (Å²) in [5, 5.41) is 0. The normalized spacial score (nSPS) is 15.3. The zero-order valence-electron chi connectivity index (χ0n) is 14.8. The Kier molecular flexibility index (Phi) is 4.97. The second-order valence-corrected chi connectivity index (χ2v) is 6.92. The van der Waals surface area contributed by atoms with Gasteiger partial charge in [0.25, 0.3) is 0 Å². The number of fused-ring (bicyclic) bond motifs is 1.